The van der Waals surface area contributed by atoms with Gasteiger partial charge in [-0.2, -0.15) is 0 Å². The van der Waals surface area contributed by atoms with Gasteiger partial charge in [0, 0.05) is 5.71 Å². The summed E-state index contributed by atoms with van der Waals surface area (Å²) in [5.74, 6) is 0. The fourth-order valence-electron chi connectivity index (χ4n) is 1.35. The third kappa shape index (κ3) is 11.4. The fraction of sp³-hybridized carbons (Fsp3) is 0.750. The molecule has 0 saturated carbocycles. The Labute approximate surface area is 82.7 Å². The van der Waals surface area contributed by atoms with E-state index in [9.17, 15) is 0 Å². The molecule has 76 valence electrons. The topological polar surface area (TPSA) is 23.9 Å². The van der Waals surface area contributed by atoms with Crippen LogP contribution in [0, 0.1) is 5.41 Å². The normalized spacial score (nSPS) is 10.9. The summed E-state index contributed by atoms with van der Waals surface area (Å²) >= 11 is 0. The van der Waals surface area contributed by atoms with E-state index < -0.39 is 0 Å². The molecule has 0 amide bonds. The highest BCUT2D eigenvalue weighted by atomic mass is 14.4. The SMILES string of the molecule is CC=CCCCCCCCC(C)=N. The van der Waals surface area contributed by atoms with Crippen molar-refractivity contribution in [1.29, 1.82) is 5.41 Å². The van der Waals surface area contributed by atoms with Crippen LogP contribution in [0.1, 0.15) is 58.8 Å². The zero-order valence-electron chi connectivity index (χ0n) is 9.10. The van der Waals surface area contributed by atoms with Crippen LogP contribution in [-0.4, -0.2) is 5.71 Å². The smallest absolute Gasteiger partial charge is 0.00582 e. The largest absolute Gasteiger partial charge is 0.310 e. The first-order valence-electron chi connectivity index (χ1n) is 5.42. The maximum absolute atomic E-state index is 7.26. The van der Waals surface area contributed by atoms with Gasteiger partial charge in [-0.25, -0.2) is 0 Å². The molecule has 1 N–H and O–H groups in total. The van der Waals surface area contributed by atoms with E-state index in [0.29, 0.717) is 0 Å². The van der Waals surface area contributed by atoms with Crippen LogP contribution in [0.25, 0.3) is 0 Å². The third-order valence-corrected chi connectivity index (χ3v) is 2.16. The number of hydrogen-bond donors (Lipinski definition) is 1. The summed E-state index contributed by atoms with van der Waals surface area (Å²) in [6, 6.07) is 0. The molecule has 0 spiro atoms. The van der Waals surface area contributed by atoms with Gasteiger partial charge in [0.1, 0.15) is 0 Å². The quantitative estimate of drug-likeness (QED) is 0.327. The molecule has 0 fully saturated rings. The highest BCUT2D eigenvalue weighted by Crippen LogP contribution is 2.07. The van der Waals surface area contributed by atoms with E-state index in [2.05, 4.69) is 19.1 Å². The van der Waals surface area contributed by atoms with E-state index in [1.807, 2.05) is 6.92 Å². The highest BCUT2D eigenvalue weighted by molar-refractivity contribution is 5.78. The third-order valence-electron chi connectivity index (χ3n) is 2.16. The minimum absolute atomic E-state index is 0.828. The van der Waals surface area contributed by atoms with Crippen LogP contribution in [0.15, 0.2) is 12.2 Å². The van der Waals surface area contributed by atoms with Crippen molar-refractivity contribution in [2.45, 2.75) is 58.8 Å². The molecule has 0 aromatic heterocycles. The van der Waals surface area contributed by atoms with Crippen molar-refractivity contribution in [1.82, 2.24) is 0 Å². The van der Waals surface area contributed by atoms with Gasteiger partial charge in [-0.15, -0.1) is 0 Å². The molecule has 0 aliphatic heterocycles. The second-order valence-corrected chi connectivity index (χ2v) is 3.66. The van der Waals surface area contributed by atoms with Gasteiger partial charge in [0.15, 0.2) is 0 Å². The lowest BCUT2D eigenvalue weighted by molar-refractivity contribution is 0.626. The Morgan fingerprint density at radius 3 is 2.31 bits per heavy atom. The molecule has 1 nitrogen and oxygen atoms in total. The Morgan fingerprint density at radius 2 is 1.69 bits per heavy atom. The van der Waals surface area contributed by atoms with E-state index >= 15 is 0 Å². The number of unbranched alkanes of at least 4 members (excludes halogenated alkanes) is 5. The van der Waals surface area contributed by atoms with E-state index in [0.717, 1.165) is 12.1 Å². The van der Waals surface area contributed by atoms with Crippen molar-refractivity contribution in [2.24, 2.45) is 0 Å². The summed E-state index contributed by atoms with van der Waals surface area (Å²) in [4.78, 5) is 0. The van der Waals surface area contributed by atoms with Gasteiger partial charge in [-0.1, -0.05) is 31.4 Å². The molecule has 0 radical (unpaired) electrons. The average molecular weight is 181 g/mol. The predicted molar refractivity (Wildman–Crippen MR) is 60.5 cm³/mol. The molecule has 0 heterocycles. The molecule has 1 heteroatoms. The van der Waals surface area contributed by atoms with E-state index in [-0.39, 0.29) is 0 Å². The van der Waals surface area contributed by atoms with Gasteiger partial charge in [0.25, 0.3) is 0 Å². The maximum Gasteiger partial charge on any atom is 0.00582 e. The summed E-state index contributed by atoms with van der Waals surface area (Å²) in [6.07, 6.45) is 13.1. The van der Waals surface area contributed by atoms with Crippen molar-refractivity contribution in [3.05, 3.63) is 12.2 Å². The molecule has 0 aromatic rings. The van der Waals surface area contributed by atoms with Crippen LogP contribution >= 0.6 is 0 Å². The Bertz CT molecular complexity index is 147. The van der Waals surface area contributed by atoms with Crippen molar-refractivity contribution < 1.29 is 0 Å². The number of nitrogens with one attached hydrogen (secondary N) is 1. The molecule has 0 saturated heterocycles. The van der Waals surface area contributed by atoms with Gasteiger partial charge in [0.05, 0.1) is 0 Å². The van der Waals surface area contributed by atoms with Crippen LogP contribution in [0.5, 0.6) is 0 Å². The summed E-state index contributed by atoms with van der Waals surface area (Å²) in [7, 11) is 0. The van der Waals surface area contributed by atoms with Gasteiger partial charge in [-0.05, 0) is 39.5 Å². The standard InChI is InChI=1S/C12H23N/c1-3-4-5-6-7-8-9-10-11-12(2)13/h3-4,13H,5-11H2,1-2H3. The molecule has 0 aromatic carbocycles. The van der Waals surface area contributed by atoms with Crippen LogP contribution in [-0.2, 0) is 0 Å². The van der Waals surface area contributed by atoms with Crippen LogP contribution < -0.4 is 0 Å². The van der Waals surface area contributed by atoms with Crippen molar-refractivity contribution >= 4 is 5.71 Å². The molecule has 0 unspecified atom stereocenters. The van der Waals surface area contributed by atoms with E-state index in [4.69, 9.17) is 5.41 Å². The first-order valence-corrected chi connectivity index (χ1v) is 5.42. The lowest BCUT2D eigenvalue weighted by Gasteiger charge is -1.99. The first-order chi connectivity index (χ1) is 6.27. The summed E-state index contributed by atoms with van der Waals surface area (Å²) < 4.78 is 0. The first kappa shape index (κ1) is 12.4. The second kappa shape index (κ2) is 9.50. The highest BCUT2D eigenvalue weighted by Gasteiger charge is 1.91. The van der Waals surface area contributed by atoms with Gasteiger partial charge in [0.2, 0.25) is 0 Å². The lowest BCUT2D eigenvalue weighted by Crippen LogP contribution is -1.87. The fourth-order valence-corrected chi connectivity index (χ4v) is 1.35. The zero-order valence-corrected chi connectivity index (χ0v) is 9.10. The van der Waals surface area contributed by atoms with Gasteiger partial charge < -0.3 is 5.41 Å². The Kier molecular flexibility index (Phi) is 9.07. The summed E-state index contributed by atoms with van der Waals surface area (Å²) in [5.41, 5.74) is 0.828. The van der Waals surface area contributed by atoms with Crippen molar-refractivity contribution in [2.75, 3.05) is 0 Å². The number of allylic oxidation sites excluding steroid dienone is 2. The van der Waals surface area contributed by atoms with E-state index in [1.165, 1.54) is 38.5 Å². The monoisotopic (exact) mass is 181 g/mol. The summed E-state index contributed by atoms with van der Waals surface area (Å²) in [5, 5.41) is 7.26. The minimum atomic E-state index is 0.828. The van der Waals surface area contributed by atoms with Crippen LogP contribution in [0.3, 0.4) is 0 Å². The van der Waals surface area contributed by atoms with Crippen molar-refractivity contribution in [3.63, 3.8) is 0 Å². The van der Waals surface area contributed by atoms with E-state index in [1.54, 1.807) is 0 Å². The van der Waals surface area contributed by atoms with Crippen LogP contribution in [0.2, 0.25) is 0 Å². The Balaban J connectivity index is 2.95. The van der Waals surface area contributed by atoms with Crippen LogP contribution in [0.4, 0.5) is 0 Å². The maximum atomic E-state index is 7.26. The number of hydrogen-bond acceptors (Lipinski definition) is 1. The minimum Gasteiger partial charge on any atom is -0.310 e. The van der Waals surface area contributed by atoms with Crippen molar-refractivity contribution in [3.8, 4) is 0 Å². The average Bonchev–Trinajstić information content (AvgIpc) is 2.09. The van der Waals surface area contributed by atoms with Gasteiger partial charge >= 0.3 is 0 Å². The molecule has 13 heavy (non-hydrogen) atoms. The van der Waals surface area contributed by atoms with Gasteiger partial charge in [-0.3, -0.25) is 0 Å². The zero-order chi connectivity index (χ0) is 9.94. The molecule has 0 bridgehead atoms. The molecule has 0 aliphatic carbocycles. The Morgan fingerprint density at radius 1 is 1.08 bits per heavy atom. The Hall–Kier alpha value is -0.590. The molecular weight excluding hydrogens is 158 g/mol. The molecule has 0 aliphatic rings. The molecular formula is C12H23N. The number of rotatable bonds is 8. The summed E-state index contributed by atoms with van der Waals surface area (Å²) in [6.45, 7) is 3.97. The molecule has 0 rings (SSSR count). The lowest BCUT2D eigenvalue weighted by atomic mass is 10.1. The second-order valence-electron chi connectivity index (χ2n) is 3.66. The predicted octanol–water partition coefficient (Wildman–Crippen LogP) is 4.33. The molecule has 0 atom stereocenters.